The summed E-state index contributed by atoms with van der Waals surface area (Å²) in [6, 6.07) is 4.02. The van der Waals surface area contributed by atoms with Crippen LogP contribution < -0.4 is 10.2 Å². The Kier molecular flexibility index (Phi) is 3.85. The van der Waals surface area contributed by atoms with Crippen molar-refractivity contribution in [2.24, 2.45) is 5.41 Å². The maximum atomic E-state index is 12.0. The number of hydrogen-bond acceptors (Lipinski definition) is 4. The van der Waals surface area contributed by atoms with E-state index in [0.29, 0.717) is 6.54 Å². The zero-order valence-corrected chi connectivity index (χ0v) is 12.8. The highest BCUT2D eigenvalue weighted by molar-refractivity contribution is 5.84. The monoisotopic (exact) mass is 289 g/mol. The minimum absolute atomic E-state index is 0.116. The van der Waals surface area contributed by atoms with Crippen molar-refractivity contribution in [1.29, 1.82) is 0 Å². The molecule has 1 N–H and O–H groups in total. The standard InChI is InChI=1S/C16H23N3O2/c1-12-11-19(7-8-21-12)14-9-13(3-6-17-14)10-18-15(20)16(2)4-5-16/h3,6,9,12H,4-5,7-8,10-11H2,1-2H3,(H,18,20). The van der Waals surface area contributed by atoms with Gasteiger partial charge in [-0.15, -0.1) is 0 Å². The number of carbonyl (C=O) groups is 1. The number of pyridine rings is 1. The molecule has 5 nitrogen and oxygen atoms in total. The molecular formula is C16H23N3O2. The molecule has 1 unspecified atom stereocenters. The van der Waals surface area contributed by atoms with Crippen LogP contribution in [0.5, 0.6) is 0 Å². The van der Waals surface area contributed by atoms with Gasteiger partial charge in [-0.25, -0.2) is 4.98 Å². The van der Waals surface area contributed by atoms with E-state index in [0.717, 1.165) is 43.9 Å². The SMILES string of the molecule is CC1CN(c2cc(CNC(=O)C3(C)CC3)ccn2)CCO1. The van der Waals surface area contributed by atoms with Crippen LogP contribution in [0.15, 0.2) is 18.3 Å². The Morgan fingerprint density at radius 1 is 1.57 bits per heavy atom. The Hall–Kier alpha value is -1.62. The number of aromatic nitrogens is 1. The fourth-order valence-corrected chi connectivity index (χ4v) is 2.58. The van der Waals surface area contributed by atoms with Crippen LogP contribution in [0.25, 0.3) is 0 Å². The number of amides is 1. The van der Waals surface area contributed by atoms with Gasteiger partial charge in [0.2, 0.25) is 5.91 Å². The Labute approximate surface area is 125 Å². The molecule has 1 amide bonds. The summed E-state index contributed by atoms with van der Waals surface area (Å²) in [4.78, 5) is 18.7. The first kappa shape index (κ1) is 14.3. The van der Waals surface area contributed by atoms with Gasteiger partial charge in [0.15, 0.2) is 0 Å². The predicted octanol–water partition coefficient (Wildman–Crippen LogP) is 1.72. The highest BCUT2D eigenvalue weighted by atomic mass is 16.5. The van der Waals surface area contributed by atoms with Crippen molar-refractivity contribution in [3.8, 4) is 0 Å². The predicted molar refractivity (Wildman–Crippen MR) is 81.1 cm³/mol. The van der Waals surface area contributed by atoms with Gasteiger partial charge in [0.25, 0.3) is 0 Å². The van der Waals surface area contributed by atoms with E-state index in [2.05, 4.69) is 28.2 Å². The average molecular weight is 289 g/mol. The van der Waals surface area contributed by atoms with E-state index >= 15 is 0 Å². The third kappa shape index (κ3) is 3.35. The number of ether oxygens (including phenoxy) is 1. The maximum absolute atomic E-state index is 12.0. The lowest BCUT2D eigenvalue weighted by Crippen LogP contribution is -2.41. The third-order valence-corrected chi connectivity index (χ3v) is 4.38. The molecule has 21 heavy (non-hydrogen) atoms. The van der Waals surface area contributed by atoms with Crippen LogP contribution in [0.4, 0.5) is 5.82 Å². The van der Waals surface area contributed by atoms with Crippen LogP contribution in [-0.4, -0.2) is 36.7 Å². The van der Waals surface area contributed by atoms with Crippen LogP contribution in [-0.2, 0) is 16.1 Å². The van der Waals surface area contributed by atoms with E-state index in [4.69, 9.17) is 4.74 Å². The molecule has 2 fully saturated rings. The molecule has 5 heteroatoms. The molecule has 3 rings (SSSR count). The number of anilines is 1. The maximum Gasteiger partial charge on any atom is 0.226 e. The summed E-state index contributed by atoms with van der Waals surface area (Å²) in [6.45, 7) is 7.14. The van der Waals surface area contributed by atoms with E-state index < -0.39 is 0 Å². The summed E-state index contributed by atoms with van der Waals surface area (Å²) in [6.07, 6.45) is 4.06. The van der Waals surface area contributed by atoms with Gasteiger partial charge in [-0.05, 0) is 37.5 Å². The van der Waals surface area contributed by atoms with E-state index in [1.54, 1.807) is 0 Å². The molecule has 1 aliphatic carbocycles. The van der Waals surface area contributed by atoms with Gasteiger partial charge < -0.3 is 15.0 Å². The van der Waals surface area contributed by atoms with Crippen LogP contribution in [0.2, 0.25) is 0 Å². The minimum Gasteiger partial charge on any atom is -0.375 e. The van der Waals surface area contributed by atoms with E-state index in [9.17, 15) is 4.79 Å². The van der Waals surface area contributed by atoms with Gasteiger partial charge in [-0.1, -0.05) is 6.92 Å². The van der Waals surface area contributed by atoms with E-state index in [-0.39, 0.29) is 17.4 Å². The van der Waals surface area contributed by atoms with Gasteiger partial charge in [-0.2, -0.15) is 0 Å². The third-order valence-electron chi connectivity index (χ3n) is 4.38. The molecule has 1 aromatic rings. The molecule has 1 saturated carbocycles. The number of morpholine rings is 1. The topological polar surface area (TPSA) is 54.5 Å². The largest absolute Gasteiger partial charge is 0.375 e. The van der Waals surface area contributed by atoms with Gasteiger partial charge >= 0.3 is 0 Å². The highest BCUT2D eigenvalue weighted by Gasteiger charge is 2.44. The molecule has 1 saturated heterocycles. The first-order chi connectivity index (χ1) is 10.1. The number of rotatable bonds is 4. The minimum atomic E-state index is -0.116. The molecule has 0 radical (unpaired) electrons. The van der Waals surface area contributed by atoms with Crippen LogP contribution >= 0.6 is 0 Å². The normalized spacial score (nSPS) is 23.7. The molecule has 2 aliphatic rings. The first-order valence-corrected chi connectivity index (χ1v) is 7.67. The number of nitrogens with zero attached hydrogens (tertiary/aromatic N) is 2. The van der Waals surface area contributed by atoms with Gasteiger partial charge in [-0.3, -0.25) is 4.79 Å². The van der Waals surface area contributed by atoms with E-state index in [1.807, 2.05) is 19.2 Å². The summed E-state index contributed by atoms with van der Waals surface area (Å²) < 4.78 is 5.56. The van der Waals surface area contributed by atoms with Crippen molar-refractivity contribution < 1.29 is 9.53 Å². The second-order valence-corrected chi connectivity index (χ2v) is 6.39. The van der Waals surface area contributed by atoms with Crippen LogP contribution in [0, 0.1) is 5.41 Å². The average Bonchev–Trinajstić information content (AvgIpc) is 3.24. The second kappa shape index (κ2) is 5.64. The quantitative estimate of drug-likeness (QED) is 0.917. The first-order valence-electron chi connectivity index (χ1n) is 7.67. The zero-order valence-electron chi connectivity index (χ0n) is 12.8. The summed E-state index contributed by atoms with van der Waals surface area (Å²) in [5.41, 5.74) is 0.979. The molecule has 0 spiro atoms. The smallest absolute Gasteiger partial charge is 0.226 e. The summed E-state index contributed by atoms with van der Waals surface area (Å²) in [5, 5.41) is 3.03. The van der Waals surface area contributed by atoms with E-state index in [1.165, 1.54) is 0 Å². The van der Waals surface area contributed by atoms with Crippen molar-refractivity contribution >= 4 is 11.7 Å². The lowest BCUT2D eigenvalue weighted by Gasteiger charge is -2.32. The number of hydrogen-bond donors (Lipinski definition) is 1. The number of carbonyl (C=O) groups excluding carboxylic acids is 1. The van der Waals surface area contributed by atoms with Crippen molar-refractivity contribution in [2.75, 3.05) is 24.6 Å². The summed E-state index contributed by atoms with van der Waals surface area (Å²) >= 11 is 0. The van der Waals surface area contributed by atoms with Crippen molar-refractivity contribution in [1.82, 2.24) is 10.3 Å². The molecular weight excluding hydrogens is 266 g/mol. The highest BCUT2D eigenvalue weighted by Crippen LogP contribution is 2.45. The van der Waals surface area contributed by atoms with Crippen LogP contribution in [0.3, 0.4) is 0 Å². The van der Waals surface area contributed by atoms with Gasteiger partial charge in [0.05, 0.1) is 12.7 Å². The van der Waals surface area contributed by atoms with Gasteiger partial charge in [0, 0.05) is 31.2 Å². The second-order valence-electron chi connectivity index (χ2n) is 6.39. The summed E-state index contributed by atoms with van der Waals surface area (Å²) in [5.74, 6) is 1.13. The van der Waals surface area contributed by atoms with Crippen LogP contribution in [0.1, 0.15) is 32.3 Å². The van der Waals surface area contributed by atoms with Crippen molar-refractivity contribution in [3.05, 3.63) is 23.9 Å². The fourth-order valence-electron chi connectivity index (χ4n) is 2.58. The lowest BCUT2D eigenvalue weighted by molar-refractivity contribution is -0.125. The zero-order chi connectivity index (χ0) is 14.9. The molecule has 1 aromatic heterocycles. The van der Waals surface area contributed by atoms with Crippen molar-refractivity contribution in [2.45, 2.75) is 39.3 Å². The lowest BCUT2D eigenvalue weighted by atomic mass is 10.1. The van der Waals surface area contributed by atoms with Crippen molar-refractivity contribution in [3.63, 3.8) is 0 Å². The number of nitrogens with one attached hydrogen (secondary N) is 1. The Bertz CT molecular complexity index is 528. The Morgan fingerprint density at radius 2 is 2.38 bits per heavy atom. The molecule has 1 aliphatic heterocycles. The molecule has 2 heterocycles. The fraction of sp³-hybridized carbons (Fsp3) is 0.625. The molecule has 0 aromatic carbocycles. The van der Waals surface area contributed by atoms with Gasteiger partial charge in [0.1, 0.15) is 5.82 Å². The molecule has 114 valence electrons. The molecule has 0 bridgehead atoms. The summed E-state index contributed by atoms with van der Waals surface area (Å²) in [7, 11) is 0. The Morgan fingerprint density at radius 3 is 3.10 bits per heavy atom. The molecule has 1 atom stereocenters. The Balaban J connectivity index is 1.61.